The van der Waals surface area contributed by atoms with Crippen molar-refractivity contribution in [3.05, 3.63) is 121 Å². The molecule has 0 bridgehead atoms. The SMILES string of the molecule is c1ccc(-n2c3cc4c(cc3c3ccc5oc6ccccc6c5c32)c2ncccc2n2c3ccccc3nc42)cc1. The van der Waals surface area contributed by atoms with Gasteiger partial charge in [0.25, 0.3) is 0 Å². The van der Waals surface area contributed by atoms with Crippen LogP contribution in [0.15, 0.2) is 126 Å². The zero-order valence-corrected chi connectivity index (χ0v) is 21.7. The molecule has 190 valence electrons. The Bertz CT molecular complexity index is 2690. The number of imidazole rings is 1. The average Bonchev–Trinajstić information content (AvgIpc) is 3.70. The first kappa shape index (κ1) is 21.2. The van der Waals surface area contributed by atoms with Gasteiger partial charge < -0.3 is 8.98 Å². The molecule has 0 radical (unpaired) electrons. The van der Waals surface area contributed by atoms with Crippen LogP contribution in [0.5, 0.6) is 0 Å². The van der Waals surface area contributed by atoms with Gasteiger partial charge in [-0.3, -0.25) is 9.38 Å². The Kier molecular flexibility index (Phi) is 3.87. The molecule has 0 N–H and O–H groups in total. The predicted molar refractivity (Wildman–Crippen MR) is 167 cm³/mol. The number of benzene rings is 5. The van der Waals surface area contributed by atoms with Crippen LogP contribution in [-0.2, 0) is 0 Å². The van der Waals surface area contributed by atoms with Crippen molar-refractivity contribution in [1.29, 1.82) is 0 Å². The van der Waals surface area contributed by atoms with Crippen LogP contribution in [-0.4, -0.2) is 18.9 Å². The van der Waals surface area contributed by atoms with Crippen molar-refractivity contribution in [3.8, 4) is 5.69 Å². The largest absolute Gasteiger partial charge is 0.456 e. The number of pyridine rings is 2. The van der Waals surface area contributed by atoms with Gasteiger partial charge in [0.05, 0.1) is 38.5 Å². The third-order valence-electron chi connectivity index (χ3n) is 8.51. The number of aromatic nitrogens is 4. The highest BCUT2D eigenvalue weighted by Gasteiger charge is 2.22. The van der Waals surface area contributed by atoms with E-state index in [1.807, 2.05) is 30.5 Å². The lowest BCUT2D eigenvalue weighted by Gasteiger charge is -2.11. The molecule has 41 heavy (non-hydrogen) atoms. The topological polar surface area (TPSA) is 48.3 Å². The summed E-state index contributed by atoms with van der Waals surface area (Å²) in [6.07, 6.45) is 1.88. The molecule has 0 aliphatic heterocycles. The molecule has 5 aromatic carbocycles. The quantitative estimate of drug-likeness (QED) is 0.201. The lowest BCUT2D eigenvalue weighted by Crippen LogP contribution is -1.96. The van der Waals surface area contributed by atoms with E-state index in [0.29, 0.717) is 0 Å². The lowest BCUT2D eigenvalue weighted by molar-refractivity contribution is 0.669. The molecule has 10 rings (SSSR count). The molecule has 0 fully saturated rings. The minimum Gasteiger partial charge on any atom is -0.456 e. The maximum atomic E-state index is 6.34. The molecule has 0 saturated carbocycles. The number of hydrogen-bond acceptors (Lipinski definition) is 3. The van der Waals surface area contributed by atoms with E-state index in [2.05, 4.69) is 100.0 Å². The second kappa shape index (κ2) is 7.49. The Hall–Kier alpha value is -5.68. The van der Waals surface area contributed by atoms with Crippen molar-refractivity contribution in [2.75, 3.05) is 0 Å². The molecule has 0 saturated heterocycles. The summed E-state index contributed by atoms with van der Waals surface area (Å²) >= 11 is 0. The average molecular weight is 525 g/mol. The summed E-state index contributed by atoms with van der Waals surface area (Å²) in [6, 6.07) is 40.3. The first-order chi connectivity index (χ1) is 20.3. The van der Waals surface area contributed by atoms with Crippen LogP contribution >= 0.6 is 0 Å². The number of hydrogen-bond donors (Lipinski definition) is 0. The van der Waals surface area contributed by atoms with E-state index in [1.165, 1.54) is 10.8 Å². The van der Waals surface area contributed by atoms with E-state index >= 15 is 0 Å². The highest BCUT2D eigenvalue weighted by Crippen LogP contribution is 2.43. The van der Waals surface area contributed by atoms with Gasteiger partial charge in [0, 0.05) is 38.8 Å². The number of rotatable bonds is 1. The molecule has 5 nitrogen and oxygen atoms in total. The van der Waals surface area contributed by atoms with Crippen molar-refractivity contribution >= 4 is 82.2 Å². The first-order valence-corrected chi connectivity index (χ1v) is 13.8. The Morgan fingerprint density at radius 1 is 0.561 bits per heavy atom. The summed E-state index contributed by atoms with van der Waals surface area (Å²) in [5, 5.41) is 6.78. The number of fused-ring (bicyclic) bond motifs is 15. The summed E-state index contributed by atoms with van der Waals surface area (Å²) in [5.74, 6) is 0. The van der Waals surface area contributed by atoms with Gasteiger partial charge in [-0.05, 0) is 66.7 Å². The Morgan fingerprint density at radius 2 is 1.39 bits per heavy atom. The van der Waals surface area contributed by atoms with Crippen molar-refractivity contribution in [3.63, 3.8) is 0 Å². The number of para-hydroxylation sites is 4. The lowest BCUT2D eigenvalue weighted by atomic mass is 10.0. The molecule has 10 aromatic rings. The molecule has 5 heteroatoms. The highest BCUT2D eigenvalue weighted by molar-refractivity contribution is 6.27. The minimum absolute atomic E-state index is 0.886. The van der Waals surface area contributed by atoms with Gasteiger partial charge in [-0.15, -0.1) is 0 Å². The number of nitrogens with zero attached hydrogens (tertiary/aromatic N) is 4. The van der Waals surface area contributed by atoms with E-state index < -0.39 is 0 Å². The maximum Gasteiger partial charge on any atom is 0.146 e. The monoisotopic (exact) mass is 524 g/mol. The van der Waals surface area contributed by atoms with Gasteiger partial charge in [0.2, 0.25) is 0 Å². The van der Waals surface area contributed by atoms with Crippen molar-refractivity contribution < 1.29 is 4.42 Å². The second-order valence-electron chi connectivity index (χ2n) is 10.6. The van der Waals surface area contributed by atoms with Crippen molar-refractivity contribution in [2.45, 2.75) is 0 Å². The second-order valence-corrected chi connectivity index (χ2v) is 10.6. The molecule has 0 aliphatic carbocycles. The first-order valence-electron chi connectivity index (χ1n) is 13.8. The van der Waals surface area contributed by atoms with Crippen LogP contribution in [0, 0.1) is 0 Å². The van der Waals surface area contributed by atoms with Crippen molar-refractivity contribution in [1.82, 2.24) is 18.9 Å². The summed E-state index contributed by atoms with van der Waals surface area (Å²) < 4.78 is 11.0. The summed E-state index contributed by atoms with van der Waals surface area (Å²) in [6.45, 7) is 0. The van der Waals surface area contributed by atoms with Gasteiger partial charge in [-0.1, -0.05) is 48.5 Å². The van der Waals surface area contributed by atoms with Gasteiger partial charge in [-0.2, -0.15) is 0 Å². The molecule has 5 aromatic heterocycles. The molecule has 0 amide bonds. The van der Waals surface area contributed by atoms with Crippen LogP contribution < -0.4 is 0 Å². The fourth-order valence-electron chi connectivity index (χ4n) is 6.82. The molecular formula is C36H20N4O. The maximum absolute atomic E-state index is 6.34. The van der Waals surface area contributed by atoms with Crippen molar-refractivity contribution in [2.24, 2.45) is 0 Å². The van der Waals surface area contributed by atoms with Gasteiger partial charge in [0.15, 0.2) is 0 Å². The Labute approximate surface area is 232 Å². The summed E-state index contributed by atoms with van der Waals surface area (Å²) in [7, 11) is 0. The third-order valence-corrected chi connectivity index (χ3v) is 8.51. The minimum atomic E-state index is 0.886. The van der Waals surface area contributed by atoms with Crippen LogP contribution in [0.2, 0.25) is 0 Å². The van der Waals surface area contributed by atoms with Crippen LogP contribution in [0.1, 0.15) is 0 Å². The molecule has 0 aliphatic rings. The molecule has 5 heterocycles. The van der Waals surface area contributed by atoms with E-state index in [4.69, 9.17) is 14.4 Å². The van der Waals surface area contributed by atoms with E-state index in [9.17, 15) is 0 Å². The highest BCUT2D eigenvalue weighted by atomic mass is 16.3. The van der Waals surface area contributed by atoms with Crippen LogP contribution in [0.4, 0.5) is 0 Å². The van der Waals surface area contributed by atoms with Crippen LogP contribution in [0.3, 0.4) is 0 Å². The third kappa shape index (κ3) is 2.65. The summed E-state index contributed by atoms with van der Waals surface area (Å²) in [4.78, 5) is 10.1. The smallest absolute Gasteiger partial charge is 0.146 e. The fourth-order valence-corrected chi connectivity index (χ4v) is 6.82. The van der Waals surface area contributed by atoms with E-state index in [1.54, 1.807) is 0 Å². The summed E-state index contributed by atoms with van der Waals surface area (Å²) in [5.41, 5.74) is 10.2. The molecule has 0 spiro atoms. The van der Waals surface area contributed by atoms with Crippen LogP contribution in [0.25, 0.3) is 87.9 Å². The molecular weight excluding hydrogens is 504 g/mol. The normalized spacial score (nSPS) is 12.4. The van der Waals surface area contributed by atoms with Gasteiger partial charge in [-0.25, -0.2) is 4.98 Å². The fraction of sp³-hybridized carbons (Fsp3) is 0. The zero-order chi connectivity index (χ0) is 26.7. The standard InChI is InChI=1S/C36H20N4O/c1-2-9-21(10-3-1)39-30-20-26-25(34-29(14-8-18-37-34)40-28-13-6-5-12-27(28)38-36(26)40)19-24(30)22-16-17-32-33(35(22)39)23-11-4-7-15-31(23)41-32/h1-20H. The molecule has 0 atom stereocenters. The Balaban J connectivity index is 1.51. The Morgan fingerprint density at radius 3 is 2.34 bits per heavy atom. The predicted octanol–water partition coefficient (Wildman–Crippen LogP) is 9.19. The number of furan rings is 1. The van der Waals surface area contributed by atoms with Gasteiger partial charge in [0.1, 0.15) is 16.8 Å². The zero-order valence-electron chi connectivity index (χ0n) is 21.7. The van der Waals surface area contributed by atoms with E-state index in [-0.39, 0.29) is 0 Å². The molecule has 0 unspecified atom stereocenters. The van der Waals surface area contributed by atoms with Gasteiger partial charge >= 0.3 is 0 Å². The van der Waals surface area contributed by atoms with E-state index in [0.717, 1.165) is 77.1 Å².